The maximum atomic E-state index is 13.1. The van der Waals surface area contributed by atoms with Gasteiger partial charge in [0.25, 0.3) is 11.8 Å². The fraction of sp³-hybridized carbons (Fsp3) is 0.0357. The Balaban J connectivity index is 1.39. The Labute approximate surface area is 244 Å². The summed E-state index contributed by atoms with van der Waals surface area (Å²) in [6, 6.07) is 23.4. The first-order chi connectivity index (χ1) is 17.8. The number of nitrogens with one attached hydrogen (secondary N) is 1. The van der Waals surface area contributed by atoms with E-state index in [0.717, 1.165) is 23.0 Å². The number of barbiturate groups is 1. The molecule has 0 aliphatic carbocycles. The molecule has 1 aliphatic heterocycles. The molecule has 0 radical (unpaired) electrons. The zero-order valence-corrected chi connectivity index (χ0v) is 24.1. The normalized spacial score (nSPS) is 14.8. The molecule has 0 unspecified atom stereocenters. The van der Waals surface area contributed by atoms with Crippen molar-refractivity contribution in [3.05, 3.63) is 108 Å². The number of hydrogen-bond acceptors (Lipinski definition) is 4. The largest absolute Gasteiger partial charge is 0.487 e. The average molecular weight is 735 g/mol. The summed E-state index contributed by atoms with van der Waals surface area (Å²) in [5.41, 5.74) is 1.85. The van der Waals surface area contributed by atoms with Crippen molar-refractivity contribution in [2.24, 2.45) is 0 Å². The Hall–Kier alpha value is -2.96. The van der Waals surface area contributed by atoms with Crippen molar-refractivity contribution in [2.75, 3.05) is 4.90 Å². The van der Waals surface area contributed by atoms with Gasteiger partial charge in [-0.2, -0.15) is 0 Å². The van der Waals surface area contributed by atoms with Crippen LogP contribution in [0.3, 0.4) is 0 Å². The van der Waals surface area contributed by atoms with E-state index >= 15 is 0 Å². The third kappa shape index (κ3) is 5.51. The summed E-state index contributed by atoms with van der Waals surface area (Å²) in [4.78, 5) is 39.0. The molecule has 1 N–H and O–H groups in total. The third-order valence-corrected chi connectivity index (χ3v) is 7.57. The highest BCUT2D eigenvalue weighted by Gasteiger charge is 2.36. The molecule has 4 aromatic rings. The number of ether oxygens (including phenoxy) is 1. The minimum atomic E-state index is -0.809. The second-order valence-corrected chi connectivity index (χ2v) is 11.0. The van der Waals surface area contributed by atoms with Gasteiger partial charge in [-0.3, -0.25) is 14.9 Å². The van der Waals surface area contributed by atoms with Crippen LogP contribution in [0.1, 0.15) is 11.1 Å². The molecule has 0 bridgehead atoms. The number of anilines is 1. The number of hydrogen-bond donors (Lipinski definition) is 1. The first-order valence-electron chi connectivity index (χ1n) is 11.1. The summed E-state index contributed by atoms with van der Waals surface area (Å²) in [6.45, 7) is 0.399. The Bertz CT molecular complexity index is 1580. The highest BCUT2D eigenvalue weighted by Crippen LogP contribution is 2.31. The van der Waals surface area contributed by atoms with Crippen molar-refractivity contribution in [2.45, 2.75) is 6.61 Å². The number of halogens is 3. The molecule has 9 heteroatoms. The molecule has 0 aromatic heterocycles. The van der Waals surface area contributed by atoms with Crippen LogP contribution in [0.5, 0.6) is 5.75 Å². The number of imide groups is 2. The molecule has 4 amide bonds. The lowest BCUT2D eigenvalue weighted by Crippen LogP contribution is -2.54. The molecule has 4 aromatic carbocycles. The van der Waals surface area contributed by atoms with Gasteiger partial charge in [-0.1, -0.05) is 48.0 Å². The van der Waals surface area contributed by atoms with Crippen molar-refractivity contribution >= 4 is 97.2 Å². The molecular weight excluding hydrogens is 718 g/mol. The third-order valence-electron chi connectivity index (χ3n) is 5.72. The number of benzene rings is 4. The van der Waals surface area contributed by atoms with Crippen molar-refractivity contribution in [3.8, 4) is 5.75 Å². The van der Waals surface area contributed by atoms with Crippen molar-refractivity contribution in [1.29, 1.82) is 0 Å². The zero-order chi connectivity index (χ0) is 26.1. The zero-order valence-electron chi connectivity index (χ0n) is 19.0. The van der Waals surface area contributed by atoms with Crippen LogP contribution < -0.4 is 15.0 Å². The van der Waals surface area contributed by atoms with E-state index in [4.69, 9.17) is 16.3 Å². The lowest BCUT2D eigenvalue weighted by atomic mass is 10.1. The van der Waals surface area contributed by atoms with E-state index < -0.39 is 17.8 Å². The maximum absolute atomic E-state index is 13.1. The number of carbonyl (C=O) groups excluding carboxylic acids is 3. The molecule has 1 heterocycles. The molecule has 184 valence electrons. The summed E-state index contributed by atoms with van der Waals surface area (Å²) < 4.78 is 7.79. The summed E-state index contributed by atoms with van der Waals surface area (Å²) in [5.74, 6) is -0.742. The van der Waals surface area contributed by atoms with E-state index in [1.165, 1.54) is 11.5 Å². The summed E-state index contributed by atoms with van der Waals surface area (Å²) in [7, 11) is 0. The molecular formula is C28H17ClI2N2O4. The van der Waals surface area contributed by atoms with Gasteiger partial charge in [0.1, 0.15) is 17.9 Å². The Kier molecular flexibility index (Phi) is 7.50. The van der Waals surface area contributed by atoms with Crippen molar-refractivity contribution < 1.29 is 19.1 Å². The molecule has 0 saturated carbocycles. The van der Waals surface area contributed by atoms with Gasteiger partial charge in [0, 0.05) is 5.02 Å². The predicted octanol–water partition coefficient (Wildman–Crippen LogP) is 6.95. The first-order valence-corrected chi connectivity index (χ1v) is 13.6. The van der Waals surface area contributed by atoms with E-state index in [2.05, 4.69) is 74.8 Å². The van der Waals surface area contributed by atoms with Crippen LogP contribution in [-0.4, -0.2) is 17.8 Å². The van der Waals surface area contributed by atoms with E-state index in [1.54, 1.807) is 24.3 Å². The number of fused-ring (bicyclic) bond motifs is 1. The minimum Gasteiger partial charge on any atom is -0.487 e. The fourth-order valence-electron chi connectivity index (χ4n) is 3.93. The van der Waals surface area contributed by atoms with Crippen LogP contribution in [-0.2, 0) is 16.2 Å². The highest BCUT2D eigenvalue weighted by atomic mass is 127. The SMILES string of the molecule is O=C1NC(=O)N(c2ccc(Cl)cc2)C(=O)/C1=C/c1cc(I)c(OCc2ccc3ccccc3c2)c(I)c1. The van der Waals surface area contributed by atoms with Crippen LogP contribution in [0.2, 0.25) is 5.02 Å². The molecule has 1 fully saturated rings. The van der Waals surface area contributed by atoms with Gasteiger partial charge in [-0.25, -0.2) is 9.69 Å². The average Bonchev–Trinajstić information content (AvgIpc) is 2.87. The molecule has 0 spiro atoms. The molecule has 6 nitrogen and oxygen atoms in total. The Morgan fingerprint density at radius 3 is 2.24 bits per heavy atom. The molecule has 1 saturated heterocycles. The standard InChI is InChI=1S/C28H17ClI2N2O4/c29-20-7-9-21(10-8-20)33-27(35)22(26(34)32-28(33)36)12-17-13-23(30)25(24(31)14-17)37-15-16-5-6-18-3-1-2-4-19(18)11-16/h1-14H,15H2,(H,32,34,36)/b22-12+. The molecule has 0 atom stereocenters. The van der Waals surface area contributed by atoms with E-state index in [0.29, 0.717) is 28.6 Å². The summed E-state index contributed by atoms with van der Waals surface area (Å²) >= 11 is 10.3. The first kappa shape index (κ1) is 25.7. The Morgan fingerprint density at radius 1 is 0.865 bits per heavy atom. The van der Waals surface area contributed by atoms with Crippen LogP contribution >= 0.6 is 56.8 Å². The minimum absolute atomic E-state index is 0.147. The number of carbonyl (C=O) groups is 3. The fourth-order valence-corrected chi connectivity index (χ4v) is 6.19. The second-order valence-electron chi connectivity index (χ2n) is 8.22. The monoisotopic (exact) mass is 734 g/mol. The molecule has 1 aliphatic rings. The van der Waals surface area contributed by atoms with E-state index in [-0.39, 0.29) is 5.57 Å². The lowest BCUT2D eigenvalue weighted by Gasteiger charge is -2.26. The number of nitrogens with zero attached hydrogens (tertiary/aromatic N) is 1. The van der Waals surface area contributed by atoms with Crippen LogP contribution in [0, 0.1) is 7.14 Å². The smallest absolute Gasteiger partial charge is 0.335 e. The van der Waals surface area contributed by atoms with Gasteiger partial charge in [-0.15, -0.1) is 0 Å². The van der Waals surface area contributed by atoms with E-state index in [9.17, 15) is 14.4 Å². The van der Waals surface area contributed by atoms with Gasteiger partial charge in [0.05, 0.1) is 12.8 Å². The lowest BCUT2D eigenvalue weighted by molar-refractivity contribution is -0.122. The maximum Gasteiger partial charge on any atom is 0.335 e. The Morgan fingerprint density at radius 2 is 1.54 bits per heavy atom. The quantitative estimate of drug-likeness (QED) is 0.137. The van der Waals surface area contributed by atoms with Crippen LogP contribution in [0.4, 0.5) is 10.5 Å². The van der Waals surface area contributed by atoms with Gasteiger partial charge >= 0.3 is 6.03 Å². The number of urea groups is 1. The second kappa shape index (κ2) is 10.8. The number of rotatable bonds is 5. The number of amides is 4. The molecule has 5 rings (SSSR count). The van der Waals surface area contributed by atoms with Crippen LogP contribution in [0.25, 0.3) is 16.8 Å². The van der Waals surface area contributed by atoms with Gasteiger partial charge in [0.2, 0.25) is 0 Å². The van der Waals surface area contributed by atoms with Gasteiger partial charge < -0.3 is 4.74 Å². The van der Waals surface area contributed by atoms with E-state index in [1.807, 2.05) is 30.3 Å². The summed E-state index contributed by atoms with van der Waals surface area (Å²) in [6.07, 6.45) is 1.48. The molecule has 37 heavy (non-hydrogen) atoms. The highest BCUT2D eigenvalue weighted by molar-refractivity contribution is 14.1. The van der Waals surface area contributed by atoms with Crippen LogP contribution in [0.15, 0.2) is 84.4 Å². The van der Waals surface area contributed by atoms with Crippen molar-refractivity contribution in [1.82, 2.24) is 5.32 Å². The predicted molar refractivity (Wildman–Crippen MR) is 161 cm³/mol. The van der Waals surface area contributed by atoms with Gasteiger partial charge in [0.15, 0.2) is 0 Å². The summed E-state index contributed by atoms with van der Waals surface area (Å²) in [5, 5.41) is 5.02. The van der Waals surface area contributed by atoms with Crippen molar-refractivity contribution in [3.63, 3.8) is 0 Å². The van der Waals surface area contributed by atoms with Gasteiger partial charge in [-0.05, 0) is 116 Å². The topological polar surface area (TPSA) is 75.7 Å².